The van der Waals surface area contributed by atoms with Crippen LogP contribution in [0.5, 0.6) is 5.75 Å². The van der Waals surface area contributed by atoms with E-state index in [4.69, 9.17) is 32.9 Å². The molecule has 1 spiro atoms. The molecular weight excluding hydrogens is 875 g/mol. The zero-order chi connectivity index (χ0) is 45.1. The lowest BCUT2D eigenvalue weighted by Crippen LogP contribution is -2.73. The van der Waals surface area contributed by atoms with Gasteiger partial charge >= 0.3 is 6.03 Å². The summed E-state index contributed by atoms with van der Waals surface area (Å²) in [4.78, 5) is 93.0. The number of aromatic amines is 1. The zero-order valence-corrected chi connectivity index (χ0v) is 36.8. The van der Waals surface area contributed by atoms with Crippen LogP contribution in [0.25, 0.3) is 22.2 Å². The number of ether oxygens (including phenoxy) is 1. The van der Waals surface area contributed by atoms with Gasteiger partial charge < -0.3 is 24.8 Å². The second-order valence-corrected chi connectivity index (χ2v) is 18.4. The summed E-state index contributed by atoms with van der Waals surface area (Å²) in [7, 11) is 0. The minimum atomic E-state index is -1.05. The molecule has 1 unspecified atom stereocenters. The molecule has 10 rings (SSSR count). The molecule has 334 valence electrons. The summed E-state index contributed by atoms with van der Waals surface area (Å²) in [5.41, 5.74) is 4.20. The molecule has 17 nitrogen and oxygen atoms in total. The van der Waals surface area contributed by atoms with E-state index in [1.54, 1.807) is 35.5 Å². The fourth-order valence-corrected chi connectivity index (χ4v) is 10.6. The van der Waals surface area contributed by atoms with Crippen LogP contribution in [0.4, 0.5) is 10.6 Å². The van der Waals surface area contributed by atoms with Crippen molar-refractivity contribution in [1.82, 2.24) is 45.5 Å². The number of halogens is 2. The minimum Gasteiger partial charge on any atom is -0.486 e. The number of fused-ring (bicyclic) bond motifs is 2. The molecule has 5 aromatic rings. The molecule has 5 aliphatic rings. The van der Waals surface area contributed by atoms with Crippen LogP contribution < -0.4 is 20.3 Å². The Bertz CT molecular complexity index is 2760. The van der Waals surface area contributed by atoms with Crippen LogP contribution >= 0.6 is 23.2 Å². The van der Waals surface area contributed by atoms with Gasteiger partial charge in [0.25, 0.3) is 11.8 Å². The molecule has 5 aliphatic heterocycles. The molecule has 8 heterocycles. The van der Waals surface area contributed by atoms with E-state index in [0.29, 0.717) is 72.4 Å². The van der Waals surface area contributed by atoms with E-state index in [1.807, 2.05) is 48.4 Å². The smallest absolute Gasteiger partial charge is 0.317 e. The first-order chi connectivity index (χ1) is 31.4. The first-order valence-electron chi connectivity index (χ1n) is 21.7. The number of benzene rings is 2. The lowest BCUT2D eigenvalue weighted by molar-refractivity contribution is -0.151. The molecule has 0 saturated carbocycles. The van der Waals surface area contributed by atoms with Crippen LogP contribution in [0.15, 0.2) is 67.1 Å². The number of carbonyl (C=O) groups excluding carboxylic acids is 6. The number of pyridine rings is 2. The van der Waals surface area contributed by atoms with E-state index < -0.39 is 35.8 Å². The van der Waals surface area contributed by atoms with Gasteiger partial charge in [-0.15, -0.1) is 0 Å². The third-order valence-corrected chi connectivity index (χ3v) is 13.9. The number of likely N-dealkylation sites (tertiary alicyclic amines) is 2. The Morgan fingerprint density at radius 3 is 2.42 bits per heavy atom. The van der Waals surface area contributed by atoms with Crippen molar-refractivity contribution >= 4 is 75.5 Å². The molecule has 0 aliphatic carbocycles. The number of urea groups is 1. The van der Waals surface area contributed by atoms with Crippen LogP contribution in [0.3, 0.4) is 0 Å². The Balaban J connectivity index is 0.670. The van der Waals surface area contributed by atoms with E-state index in [9.17, 15) is 28.8 Å². The molecule has 0 bridgehead atoms. The second-order valence-electron chi connectivity index (χ2n) is 17.5. The monoisotopic (exact) mass is 918 g/mol. The Morgan fingerprint density at radius 2 is 1.69 bits per heavy atom. The standard InChI is InChI=1S/C46H44Cl2N10O7/c1-25(38-32(47)19-49-20-33(38)48)65-29-6-7-34-31(17-29)40(54-53-34)28-5-9-36(51-18-28)56-21-46(22-56)23-57(24-46)42(61)27-12-15-55(16-13-27)45(64)50-14-11-26-3-2-4-30-39(26)44(63)58(43(30)62)35-8-10-37(59)52-41(35)60/h2-7,9,17-20,25,27,35H,8,10-16,21-24H2,1H3,(H,50,64)(H,53,54)(H,52,59,60)/t25-,35?/m1/s1. The van der Waals surface area contributed by atoms with E-state index in [0.717, 1.165) is 46.0 Å². The van der Waals surface area contributed by atoms with Gasteiger partial charge in [-0.1, -0.05) is 35.3 Å². The number of hydrogen-bond acceptors (Lipinski definition) is 11. The summed E-state index contributed by atoms with van der Waals surface area (Å²) in [5, 5.41) is 14.6. The van der Waals surface area contributed by atoms with Gasteiger partial charge in [-0.3, -0.25) is 44.3 Å². The summed E-state index contributed by atoms with van der Waals surface area (Å²) in [6.45, 7) is 6.03. The molecule has 0 radical (unpaired) electrons. The van der Waals surface area contributed by atoms with Crippen LogP contribution in [-0.2, 0) is 20.8 Å². The summed E-state index contributed by atoms with van der Waals surface area (Å²) >= 11 is 12.7. The number of aromatic nitrogens is 4. The zero-order valence-electron chi connectivity index (χ0n) is 35.3. The van der Waals surface area contributed by atoms with Gasteiger partial charge in [0, 0.05) is 98.7 Å². The van der Waals surface area contributed by atoms with Gasteiger partial charge in [0.2, 0.25) is 17.7 Å². The Kier molecular flexibility index (Phi) is 10.9. The minimum absolute atomic E-state index is 0.0397. The van der Waals surface area contributed by atoms with Gasteiger partial charge in [0.05, 0.1) is 26.7 Å². The van der Waals surface area contributed by atoms with Crippen molar-refractivity contribution in [2.45, 2.75) is 51.2 Å². The summed E-state index contributed by atoms with van der Waals surface area (Å²) < 4.78 is 6.23. The van der Waals surface area contributed by atoms with Crippen LogP contribution in [-0.4, -0.2) is 122 Å². The summed E-state index contributed by atoms with van der Waals surface area (Å²) in [5.74, 6) is -0.748. The second kappa shape index (κ2) is 16.8. The lowest BCUT2D eigenvalue weighted by Gasteiger charge is -2.61. The molecule has 3 aromatic heterocycles. The predicted molar refractivity (Wildman–Crippen MR) is 238 cm³/mol. The maximum absolute atomic E-state index is 13.5. The van der Waals surface area contributed by atoms with Gasteiger partial charge in [0.1, 0.15) is 29.4 Å². The number of piperidine rings is 2. The summed E-state index contributed by atoms with van der Waals surface area (Å²) in [6, 6.07) is 13.4. The van der Waals surface area contributed by atoms with Crippen molar-refractivity contribution in [2.24, 2.45) is 11.3 Å². The van der Waals surface area contributed by atoms with Crippen molar-refractivity contribution in [3.63, 3.8) is 0 Å². The van der Waals surface area contributed by atoms with E-state index in [-0.39, 0.29) is 53.8 Å². The first-order valence-corrected chi connectivity index (χ1v) is 22.4. The number of rotatable bonds is 10. The number of nitrogens with zero attached hydrogens (tertiary/aromatic N) is 7. The number of imide groups is 2. The number of anilines is 1. The highest BCUT2D eigenvalue weighted by atomic mass is 35.5. The molecule has 2 aromatic carbocycles. The third kappa shape index (κ3) is 7.79. The van der Waals surface area contributed by atoms with Gasteiger partial charge in [-0.05, 0) is 74.6 Å². The van der Waals surface area contributed by atoms with Crippen molar-refractivity contribution in [3.05, 3.63) is 99.4 Å². The number of amides is 7. The molecular formula is C46H44Cl2N10O7. The molecule has 7 amide bonds. The third-order valence-electron chi connectivity index (χ3n) is 13.3. The average molecular weight is 920 g/mol. The van der Waals surface area contributed by atoms with Crippen LogP contribution in [0, 0.1) is 11.3 Å². The van der Waals surface area contributed by atoms with E-state index in [2.05, 4.69) is 30.7 Å². The number of H-pyrrole nitrogens is 1. The van der Waals surface area contributed by atoms with Crippen molar-refractivity contribution in [1.29, 1.82) is 0 Å². The normalized spacial score (nSPS) is 19.8. The molecule has 3 N–H and O–H groups in total. The van der Waals surface area contributed by atoms with Crippen molar-refractivity contribution in [3.8, 4) is 17.0 Å². The van der Waals surface area contributed by atoms with Crippen LogP contribution in [0.2, 0.25) is 10.0 Å². The lowest BCUT2D eigenvalue weighted by atomic mass is 9.72. The Hall–Kier alpha value is -6.59. The van der Waals surface area contributed by atoms with Gasteiger partial charge in [-0.2, -0.15) is 5.10 Å². The van der Waals surface area contributed by atoms with Crippen molar-refractivity contribution in [2.75, 3.05) is 50.7 Å². The highest BCUT2D eigenvalue weighted by Crippen LogP contribution is 2.43. The van der Waals surface area contributed by atoms with E-state index >= 15 is 0 Å². The van der Waals surface area contributed by atoms with Crippen molar-refractivity contribution < 1.29 is 33.5 Å². The first kappa shape index (κ1) is 42.4. The number of carbonyl (C=O) groups is 6. The highest BCUT2D eigenvalue weighted by molar-refractivity contribution is 6.35. The molecule has 65 heavy (non-hydrogen) atoms. The summed E-state index contributed by atoms with van der Waals surface area (Å²) in [6.07, 6.45) is 6.06. The number of hydrogen-bond donors (Lipinski definition) is 3. The fourth-order valence-electron chi connectivity index (χ4n) is 9.91. The molecule has 2 atom stereocenters. The molecule has 4 fully saturated rings. The topological polar surface area (TPSA) is 203 Å². The van der Waals surface area contributed by atoms with E-state index in [1.165, 1.54) is 0 Å². The fraction of sp³-hybridized carbons (Fsp3) is 0.370. The quantitative estimate of drug-likeness (QED) is 0.156. The maximum atomic E-state index is 13.5. The Morgan fingerprint density at radius 1 is 0.923 bits per heavy atom. The average Bonchev–Trinajstić information content (AvgIpc) is 3.80. The maximum Gasteiger partial charge on any atom is 0.317 e. The SMILES string of the molecule is C[C@@H](Oc1ccc2[nH]nc(-c3ccc(N4CC5(CN(C(=O)C6CCN(C(=O)NCCc7cccc8c7C(=O)N(C7CCC(=O)NC7=O)C8=O)CC6)C5)C4)nc3)c2c1)c1c(Cl)cncc1Cl. The van der Waals surface area contributed by atoms with Gasteiger partial charge in [-0.25, -0.2) is 9.78 Å². The highest BCUT2D eigenvalue weighted by Gasteiger charge is 2.54. The molecule has 4 saturated heterocycles. The van der Waals surface area contributed by atoms with Crippen LogP contribution in [0.1, 0.15) is 70.6 Å². The largest absolute Gasteiger partial charge is 0.486 e. The number of nitrogens with one attached hydrogen (secondary N) is 3. The Labute approximate surface area is 382 Å². The van der Waals surface area contributed by atoms with Gasteiger partial charge in [0.15, 0.2) is 0 Å². The predicted octanol–water partition coefficient (Wildman–Crippen LogP) is 5.18. The molecule has 19 heteroatoms.